The summed E-state index contributed by atoms with van der Waals surface area (Å²) in [5.74, 6) is -0.449. The van der Waals surface area contributed by atoms with E-state index in [1.54, 1.807) is 36.4 Å². The SMILES string of the molecule is CC(=O)c1ccccc1C(=O)Nc1ccc(CCO)cc1. The molecule has 2 aromatic carbocycles. The van der Waals surface area contributed by atoms with E-state index in [4.69, 9.17) is 5.11 Å². The van der Waals surface area contributed by atoms with Crippen LogP contribution in [0.3, 0.4) is 0 Å². The monoisotopic (exact) mass is 283 g/mol. The van der Waals surface area contributed by atoms with E-state index in [9.17, 15) is 9.59 Å². The van der Waals surface area contributed by atoms with Gasteiger partial charge in [0.05, 0.1) is 5.56 Å². The van der Waals surface area contributed by atoms with Gasteiger partial charge in [0.2, 0.25) is 0 Å². The second kappa shape index (κ2) is 6.81. The molecule has 4 nitrogen and oxygen atoms in total. The number of carbonyl (C=O) groups excluding carboxylic acids is 2. The fourth-order valence-electron chi connectivity index (χ4n) is 2.07. The lowest BCUT2D eigenvalue weighted by Crippen LogP contribution is -2.15. The van der Waals surface area contributed by atoms with Crippen LogP contribution < -0.4 is 5.32 Å². The minimum absolute atomic E-state index is 0.0949. The van der Waals surface area contributed by atoms with Crippen LogP contribution in [0.2, 0.25) is 0 Å². The van der Waals surface area contributed by atoms with Crippen LogP contribution in [0.15, 0.2) is 48.5 Å². The van der Waals surface area contributed by atoms with Crippen molar-refractivity contribution in [1.82, 2.24) is 0 Å². The number of anilines is 1. The summed E-state index contributed by atoms with van der Waals surface area (Å²) in [5, 5.41) is 11.6. The van der Waals surface area contributed by atoms with Gasteiger partial charge in [-0.3, -0.25) is 9.59 Å². The second-order valence-electron chi connectivity index (χ2n) is 4.73. The van der Waals surface area contributed by atoms with Crippen LogP contribution >= 0.6 is 0 Å². The zero-order chi connectivity index (χ0) is 15.2. The largest absolute Gasteiger partial charge is 0.396 e. The molecule has 0 saturated heterocycles. The predicted octanol–water partition coefficient (Wildman–Crippen LogP) is 2.68. The molecule has 0 heterocycles. The smallest absolute Gasteiger partial charge is 0.256 e. The molecule has 0 spiro atoms. The molecule has 0 aliphatic rings. The highest BCUT2D eigenvalue weighted by atomic mass is 16.3. The van der Waals surface area contributed by atoms with E-state index in [2.05, 4.69) is 5.32 Å². The van der Waals surface area contributed by atoms with Crippen LogP contribution in [0.4, 0.5) is 5.69 Å². The van der Waals surface area contributed by atoms with Crippen molar-refractivity contribution in [3.05, 3.63) is 65.2 Å². The maximum Gasteiger partial charge on any atom is 0.256 e. The molecule has 0 unspecified atom stereocenters. The van der Waals surface area contributed by atoms with Crippen LogP contribution in [0.1, 0.15) is 33.2 Å². The third-order valence-corrected chi connectivity index (χ3v) is 3.16. The molecule has 0 atom stereocenters. The van der Waals surface area contributed by atoms with Crippen LogP contribution in [0, 0.1) is 0 Å². The molecule has 4 heteroatoms. The Morgan fingerprint density at radius 2 is 1.62 bits per heavy atom. The summed E-state index contributed by atoms with van der Waals surface area (Å²) in [5.41, 5.74) is 2.43. The molecule has 2 rings (SSSR count). The maximum absolute atomic E-state index is 12.2. The van der Waals surface area contributed by atoms with E-state index in [-0.39, 0.29) is 18.3 Å². The van der Waals surface area contributed by atoms with Gasteiger partial charge >= 0.3 is 0 Å². The Hall–Kier alpha value is -2.46. The van der Waals surface area contributed by atoms with Gasteiger partial charge in [-0.05, 0) is 37.1 Å². The van der Waals surface area contributed by atoms with E-state index in [0.717, 1.165) is 5.56 Å². The number of carbonyl (C=O) groups is 2. The summed E-state index contributed by atoms with van der Waals surface area (Å²) in [6, 6.07) is 14.0. The molecule has 0 radical (unpaired) electrons. The van der Waals surface area contributed by atoms with Crippen molar-refractivity contribution in [3.63, 3.8) is 0 Å². The van der Waals surface area contributed by atoms with Gasteiger partial charge in [-0.1, -0.05) is 30.3 Å². The highest BCUT2D eigenvalue weighted by Gasteiger charge is 2.13. The van der Waals surface area contributed by atoms with Gasteiger partial charge in [-0.15, -0.1) is 0 Å². The number of ketones is 1. The predicted molar refractivity (Wildman–Crippen MR) is 81.6 cm³/mol. The Balaban J connectivity index is 2.16. The molecule has 108 valence electrons. The lowest BCUT2D eigenvalue weighted by atomic mass is 10.0. The number of aliphatic hydroxyl groups is 1. The minimum atomic E-state index is -0.310. The van der Waals surface area contributed by atoms with E-state index in [1.165, 1.54) is 6.92 Å². The van der Waals surface area contributed by atoms with Gasteiger partial charge < -0.3 is 10.4 Å². The third-order valence-electron chi connectivity index (χ3n) is 3.16. The van der Waals surface area contributed by atoms with E-state index in [1.807, 2.05) is 12.1 Å². The van der Waals surface area contributed by atoms with Gasteiger partial charge in [0.25, 0.3) is 5.91 Å². The topological polar surface area (TPSA) is 66.4 Å². The van der Waals surface area contributed by atoms with E-state index in [0.29, 0.717) is 23.2 Å². The molecular formula is C17H17NO3. The maximum atomic E-state index is 12.2. The highest BCUT2D eigenvalue weighted by Crippen LogP contribution is 2.14. The molecule has 1 amide bonds. The van der Waals surface area contributed by atoms with Crippen molar-refractivity contribution < 1.29 is 14.7 Å². The number of hydrogen-bond acceptors (Lipinski definition) is 3. The first-order valence-electron chi connectivity index (χ1n) is 6.73. The minimum Gasteiger partial charge on any atom is -0.396 e. The zero-order valence-corrected chi connectivity index (χ0v) is 11.8. The number of nitrogens with one attached hydrogen (secondary N) is 1. The number of hydrogen-bond donors (Lipinski definition) is 2. The number of Topliss-reactive ketones (excluding diaryl/α,β-unsaturated/α-hetero) is 1. The van der Waals surface area contributed by atoms with Crippen molar-refractivity contribution in [1.29, 1.82) is 0 Å². The fraction of sp³-hybridized carbons (Fsp3) is 0.176. The lowest BCUT2D eigenvalue weighted by molar-refractivity contribution is 0.0985. The van der Waals surface area contributed by atoms with Crippen LogP contribution in [0.5, 0.6) is 0 Å². The van der Waals surface area contributed by atoms with Gasteiger partial charge in [0.1, 0.15) is 0 Å². The molecule has 0 fully saturated rings. The van der Waals surface area contributed by atoms with Crippen LogP contribution in [-0.2, 0) is 6.42 Å². The Morgan fingerprint density at radius 3 is 2.19 bits per heavy atom. The fourth-order valence-corrected chi connectivity index (χ4v) is 2.07. The summed E-state index contributed by atoms with van der Waals surface area (Å²) < 4.78 is 0. The highest BCUT2D eigenvalue weighted by molar-refractivity contribution is 6.12. The first kappa shape index (κ1) is 14.9. The molecule has 0 aliphatic carbocycles. The molecule has 0 aromatic heterocycles. The van der Waals surface area contributed by atoms with Crippen LogP contribution in [-0.4, -0.2) is 23.4 Å². The standard InChI is InChI=1S/C17H17NO3/c1-12(20)15-4-2-3-5-16(15)17(21)18-14-8-6-13(7-9-14)10-11-19/h2-9,19H,10-11H2,1H3,(H,18,21). The normalized spacial score (nSPS) is 10.2. The summed E-state index contributed by atoms with van der Waals surface area (Å²) in [6.07, 6.45) is 0.585. The van der Waals surface area contributed by atoms with Crippen molar-refractivity contribution in [2.24, 2.45) is 0 Å². The quantitative estimate of drug-likeness (QED) is 0.829. The number of rotatable bonds is 5. The van der Waals surface area contributed by atoms with Crippen molar-refractivity contribution >= 4 is 17.4 Å². The first-order valence-corrected chi connectivity index (χ1v) is 6.73. The number of aliphatic hydroxyl groups excluding tert-OH is 1. The van der Waals surface area contributed by atoms with Crippen LogP contribution in [0.25, 0.3) is 0 Å². The van der Waals surface area contributed by atoms with Gasteiger partial charge in [0, 0.05) is 17.9 Å². The Bertz CT molecular complexity index is 647. The van der Waals surface area contributed by atoms with Gasteiger partial charge in [-0.2, -0.15) is 0 Å². The first-order chi connectivity index (χ1) is 10.1. The second-order valence-corrected chi connectivity index (χ2v) is 4.73. The molecule has 0 bridgehead atoms. The third kappa shape index (κ3) is 3.77. The molecule has 2 N–H and O–H groups in total. The molecule has 2 aromatic rings. The van der Waals surface area contributed by atoms with Gasteiger partial charge in [-0.25, -0.2) is 0 Å². The van der Waals surface area contributed by atoms with Crippen molar-refractivity contribution in [2.45, 2.75) is 13.3 Å². The summed E-state index contributed by atoms with van der Waals surface area (Å²) in [7, 11) is 0. The summed E-state index contributed by atoms with van der Waals surface area (Å²) in [6.45, 7) is 1.54. The van der Waals surface area contributed by atoms with E-state index < -0.39 is 0 Å². The summed E-state index contributed by atoms with van der Waals surface area (Å²) >= 11 is 0. The number of amides is 1. The average molecular weight is 283 g/mol. The number of benzene rings is 2. The lowest BCUT2D eigenvalue weighted by Gasteiger charge is -2.09. The van der Waals surface area contributed by atoms with E-state index >= 15 is 0 Å². The van der Waals surface area contributed by atoms with Gasteiger partial charge in [0.15, 0.2) is 5.78 Å². The zero-order valence-electron chi connectivity index (χ0n) is 11.8. The molecule has 0 aliphatic heterocycles. The molecule has 0 saturated carbocycles. The van der Waals surface area contributed by atoms with Crippen molar-refractivity contribution in [3.8, 4) is 0 Å². The Labute approximate surface area is 123 Å². The molecular weight excluding hydrogens is 266 g/mol. The summed E-state index contributed by atoms with van der Waals surface area (Å²) in [4.78, 5) is 23.8. The molecule has 21 heavy (non-hydrogen) atoms. The Kier molecular flexibility index (Phi) is 4.85. The average Bonchev–Trinajstić information content (AvgIpc) is 2.49. The van der Waals surface area contributed by atoms with Crippen molar-refractivity contribution in [2.75, 3.05) is 11.9 Å². The Morgan fingerprint density at radius 1 is 1.00 bits per heavy atom.